The second kappa shape index (κ2) is 8.28. The highest BCUT2D eigenvalue weighted by Gasteiger charge is 2.02. The van der Waals surface area contributed by atoms with E-state index in [1.165, 1.54) is 23.1 Å². The van der Waals surface area contributed by atoms with E-state index in [2.05, 4.69) is 56.5 Å². The summed E-state index contributed by atoms with van der Waals surface area (Å²) in [6.45, 7) is 12.0. The molecule has 18 heavy (non-hydrogen) atoms. The molecule has 2 nitrogen and oxygen atoms in total. The Balaban J connectivity index is 2.26. The second-order valence-corrected chi connectivity index (χ2v) is 5.24. The number of benzene rings is 1. The van der Waals surface area contributed by atoms with E-state index in [4.69, 9.17) is 0 Å². The maximum Gasteiger partial charge on any atom is 0.0164 e. The van der Waals surface area contributed by atoms with Crippen molar-refractivity contribution in [1.82, 2.24) is 10.6 Å². The second-order valence-electron chi connectivity index (χ2n) is 5.24. The van der Waals surface area contributed by atoms with Crippen LogP contribution >= 0.6 is 0 Å². The van der Waals surface area contributed by atoms with Gasteiger partial charge in [-0.25, -0.2) is 0 Å². The van der Waals surface area contributed by atoms with Crippen LogP contribution in [-0.4, -0.2) is 25.7 Å². The summed E-state index contributed by atoms with van der Waals surface area (Å²) in [5.41, 5.74) is 4.23. The van der Waals surface area contributed by atoms with Gasteiger partial charge in [0.15, 0.2) is 0 Å². The third-order valence-electron chi connectivity index (χ3n) is 3.27. The zero-order valence-electron chi connectivity index (χ0n) is 12.3. The van der Waals surface area contributed by atoms with E-state index in [0.29, 0.717) is 6.04 Å². The minimum Gasteiger partial charge on any atom is -0.315 e. The molecule has 102 valence electrons. The predicted molar refractivity (Wildman–Crippen MR) is 80.2 cm³/mol. The van der Waals surface area contributed by atoms with Crippen LogP contribution in [0.25, 0.3) is 0 Å². The zero-order valence-corrected chi connectivity index (χ0v) is 12.3. The lowest BCUT2D eigenvalue weighted by molar-refractivity contribution is 0.504. The highest BCUT2D eigenvalue weighted by Crippen LogP contribution is 2.10. The summed E-state index contributed by atoms with van der Waals surface area (Å²) < 4.78 is 0. The molecule has 0 radical (unpaired) electrons. The number of hydrogen-bond acceptors (Lipinski definition) is 2. The summed E-state index contributed by atoms with van der Waals surface area (Å²) in [6, 6.07) is 7.25. The summed E-state index contributed by atoms with van der Waals surface area (Å²) in [7, 11) is 0. The minimum atomic E-state index is 0.543. The van der Waals surface area contributed by atoms with Crippen molar-refractivity contribution >= 4 is 0 Å². The average Bonchev–Trinajstić information content (AvgIpc) is 2.34. The van der Waals surface area contributed by atoms with Crippen molar-refractivity contribution in [3.8, 4) is 0 Å². The molecule has 2 heteroatoms. The van der Waals surface area contributed by atoms with Gasteiger partial charge in [-0.05, 0) is 57.8 Å². The van der Waals surface area contributed by atoms with Crippen LogP contribution in [-0.2, 0) is 6.42 Å². The van der Waals surface area contributed by atoms with Gasteiger partial charge in [-0.15, -0.1) is 0 Å². The molecule has 0 spiro atoms. The molecule has 1 rings (SSSR count). The van der Waals surface area contributed by atoms with Gasteiger partial charge in [0.25, 0.3) is 0 Å². The molecule has 0 aliphatic heterocycles. The van der Waals surface area contributed by atoms with Gasteiger partial charge in [-0.3, -0.25) is 0 Å². The van der Waals surface area contributed by atoms with Crippen molar-refractivity contribution in [2.24, 2.45) is 0 Å². The van der Waals surface area contributed by atoms with Gasteiger partial charge in [0.2, 0.25) is 0 Å². The van der Waals surface area contributed by atoms with Gasteiger partial charge in [-0.2, -0.15) is 0 Å². The largest absolute Gasteiger partial charge is 0.315 e. The van der Waals surface area contributed by atoms with Crippen molar-refractivity contribution in [2.45, 2.75) is 46.6 Å². The molecule has 0 aliphatic carbocycles. The molecule has 1 aromatic rings. The first kappa shape index (κ1) is 15.2. The third kappa shape index (κ3) is 5.65. The van der Waals surface area contributed by atoms with Crippen LogP contribution in [0, 0.1) is 13.8 Å². The van der Waals surface area contributed by atoms with Crippen LogP contribution in [0.2, 0.25) is 0 Å². The minimum absolute atomic E-state index is 0.543. The first-order valence-electron chi connectivity index (χ1n) is 7.13. The van der Waals surface area contributed by atoms with Crippen LogP contribution in [0.1, 0.15) is 37.0 Å². The Morgan fingerprint density at radius 3 is 2.67 bits per heavy atom. The van der Waals surface area contributed by atoms with Crippen LogP contribution in [0.5, 0.6) is 0 Å². The molecule has 0 aromatic heterocycles. The molecule has 0 fully saturated rings. The summed E-state index contributed by atoms with van der Waals surface area (Å²) >= 11 is 0. The SMILES string of the molecule is CCCNCC(C)NCCc1cc(C)ccc1C. The van der Waals surface area contributed by atoms with E-state index in [0.717, 1.165) is 26.1 Å². The highest BCUT2D eigenvalue weighted by atomic mass is 15.0. The number of hydrogen-bond donors (Lipinski definition) is 2. The fourth-order valence-electron chi connectivity index (χ4n) is 2.09. The van der Waals surface area contributed by atoms with Crippen LogP contribution < -0.4 is 10.6 Å². The van der Waals surface area contributed by atoms with Crippen molar-refractivity contribution in [1.29, 1.82) is 0 Å². The molecule has 0 saturated heterocycles. The van der Waals surface area contributed by atoms with Crippen molar-refractivity contribution in [3.05, 3.63) is 34.9 Å². The van der Waals surface area contributed by atoms with E-state index in [1.54, 1.807) is 0 Å². The molecule has 1 atom stereocenters. The van der Waals surface area contributed by atoms with Crippen LogP contribution in [0.3, 0.4) is 0 Å². The standard InChI is InChI=1S/C16H28N2/c1-5-9-17-12-15(4)18-10-8-16-11-13(2)6-7-14(16)3/h6-7,11,15,17-18H,5,8-10,12H2,1-4H3. The molecule has 0 aliphatic rings. The number of rotatable bonds is 8. The molecular formula is C16H28N2. The van der Waals surface area contributed by atoms with Gasteiger partial charge in [0.1, 0.15) is 0 Å². The quantitative estimate of drug-likeness (QED) is 0.691. The fourth-order valence-corrected chi connectivity index (χ4v) is 2.09. The predicted octanol–water partition coefficient (Wildman–Crippen LogP) is 2.82. The lowest BCUT2D eigenvalue weighted by atomic mass is 10.0. The Hall–Kier alpha value is -0.860. The van der Waals surface area contributed by atoms with Crippen LogP contribution in [0.4, 0.5) is 0 Å². The van der Waals surface area contributed by atoms with Crippen molar-refractivity contribution in [2.75, 3.05) is 19.6 Å². The van der Waals surface area contributed by atoms with E-state index in [9.17, 15) is 0 Å². The Bertz CT molecular complexity index is 347. The summed E-state index contributed by atoms with van der Waals surface area (Å²) in [5, 5.41) is 7.02. The molecule has 0 bridgehead atoms. The Kier molecular flexibility index (Phi) is 6.99. The number of nitrogens with one attached hydrogen (secondary N) is 2. The average molecular weight is 248 g/mol. The molecule has 1 unspecified atom stereocenters. The smallest absolute Gasteiger partial charge is 0.0164 e. The molecule has 0 amide bonds. The monoisotopic (exact) mass is 248 g/mol. The Labute approximate surface area is 112 Å². The van der Waals surface area contributed by atoms with Crippen molar-refractivity contribution < 1.29 is 0 Å². The maximum atomic E-state index is 3.57. The van der Waals surface area contributed by atoms with E-state index >= 15 is 0 Å². The summed E-state index contributed by atoms with van der Waals surface area (Å²) in [4.78, 5) is 0. The molecule has 1 aromatic carbocycles. The van der Waals surface area contributed by atoms with E-state index in [-0.39, 0.29) is 0 Å². The first-order valence-corrected chi connectivity index (χ1v) is 7.13. The zero-order chi connectivity index (χ0) is 13.4. The van der Waals surface area contributed by atoms with Crippen molar-refractivity contribution in [3.63, 3.8) is 0 Å². The third-order valence-corrected chi connectivity index (χ3v) is 3.27. The summed E-state index contributed by atoms with van der Waals surface area (Å²) in [6.07, 6.45) is 2.32. The maximum absolute atomic E-state index is 3.57. The Morgan fingerprint density at radius 1 is 1.17 bits per heavy atom. The molecule has 0 heterocycles. The van der Waals surface area contributed by atoms with Crippen LogP contribution in [0.15, 0.2) is 18.2 Å². The number of aryl methyl sites for hydroxylation is 2. The molecule has 0 saturated carbocycles. The molecular weight excluding hydrogens is 220 g/mol. The van der Waals surface area contributed by atoms with Gasteiger partial charge in [0, 0.05) is 12.6 Å². The lowest BCUT2D eigenvalue weighted by Crippen LogP contribution is -2.37. The van der Waals surface area contributed by atoms with E-state index in [1.807, 2.05) is 0 Å². The fraction of sp³-hybridized carbons (Fsp3) is 0.625. The normalized spacial score (nSPS) is 12.7. The first-order chi connectivity index (χ1) is 8.63. The topological polar surface area (TPSA) is 24.1 Å². The van der Waals surface area contributed by atoms with E-state index < -0.39 is 0 Å². The molecule has 2 N–H and O–H groups in total. The van der Waals surface area contributed by atoms with Gasteiger partial charge in [-0.1, -0.05) is 30.7 Å². The highest BCUT2D eigenvalue weighted by molar-refractivity contribution is 5.30. The van der Waals surface area contributed by atoms with Gasteiger partial charge >= 0.3 is 0 Å². The summed E-state index contributed by atoms with van der Waals surface area (Å²) in [5.74, 6) is 0. The Morgan fingerprint density at radius 2 is 1.94 bits per heavy atom. The van der Waals surface area contributed by atoms with Gasteiger partial charge < -0.3 is 10.6 Å². The van der Waals surface area contributed by atoms with Gasteiger partial charge in [0.05, 0.1) is 0 Å². The lowest BCUT2D eigenvalue weighted by Gasteiger charge is -2.15.